The first-order valence-corrected chi connectivity index (χ1v) is 10.4. The number of amides is 1. The van der Waals surface area contributed by atoms with Crippen molar-refractivity contribution in [2.45, 2.75) is 32.2 Å². The Labute approximate surface area is 164 Å². The normalized spacial score (nSPS) is 14.0. The molecule has 4 nitrogen and oxygen atoms in total. The molecule has 0 bridgehead atoms. The first-order chi connectivity index (χ1) is 13.2. The lowest BCUT2D eigenvalue weighted by molar-refractivity contribution is -0.130. The van der Waals surface area contributed by atoms with Crippen LogP contribution in [0, 0.1) is 0 Å². The predicted octanol–water partition coefficient (Wildman–Crippen LogP) is 4.49. The number of carbonyl (C=O) groups is 1. The summed E-state index contributed by atoms with van der Waals surface area (Å²) >= 11 is 1.69. The minimum absolute atomic E-state index is 0.172. The van der Waals surface area contributed by atoms with Crippen molar-refractivity contribution < 1.29 is 4.79 Å². The molecule has 2 aromatic carbocycles. The van der Waals surface area contributed by atoms with Gasteiger partial charge in [-0.3, -0.25) is 4.79 Å². The van der Waals surface area contributed by atoms with Crippen molar-refractivity contribution >= 4 is 33.1 Å². The van der Waals surface area contributed by atoms with Crippen LogP contribution >= 0.6 is 11.3 Å². The predicted molar refractivity (Wildman–Crippen MR) is 112 cm³/mol. The first kappa shape index (κ1) is 18.0. The molecule has 1 fully saturated rings. The van der Waals surface area contributed by atoms with Gasteiger partial charge < -0.3 is 9.80 Å². The third-order valence-electron chi connectivity index (χ3n) is 5.16. The second-order valence-electron chi connectivity index (χ2n) is 7.15. The Morgan fingerprint density at radius 1 is 1.11 bits per heavy atom. The van der Waals surface area contributed by atoms with Gasteiger partial charge in [0.2, 0.25) is 5.91 Å². The third kappa shape index (κ3) is 4.14. The SMILES string of the molecule is CN(Cc1ccccc1N1CCCC1)C(=O)CCc1nc2ccccc2s1. The molecule has 1 aliphatic heterocycles. The fourth-order valence-corrected chi connectivity index (χ4v) is 4.65. The zero-order valence-corrected chi connectivity index (χ0v) is 16.5. The maximum absolute atomic E-state index is 12.7. The highest BCUT2D eigenvalue weighted by Gasteiger charge is 2.18. The minimum Gasteiger partial charge on any atom is -0.371 e. The van der Waals surface area contributed by atoms with E-state index >= 15 is 0 Å². The van der Waals surface area contributed by atoms with Gasteiger partial charge in [0.25, 0.3) is 0 Å². The van der Waals surface area contributed by atoms with E-state index in [-0.39, 0.29) is 5.91 Å². The van der Waals surface area contributed by atoms with Gasteiger partial charge in [-0.25, -0.2) is 4.98 Å². The average molecular weight is 380 g/mol. The molecule has 0 N–H and O–H groups in total. The number of hydrogen-bond donors (Lipinski definition) is 0. The molecule has 1 saturated heterocycles. The van der Waals surface area contributed by atoms with Crippen molar-refractivity contribution in [2.24, 2.45) is 0 Å². The number of fused-ring (bicyclic) bond motifs is 1. The monoisotopic (exact) mass is 379 g/mol. The van der Waals surface area contributed by atoms with Gasteiger partial charge >= 0.3 is 0 Å². The van der Waals surface area contributed by atoms with Crippen LogP contribution < -0.4 is 4.90 Å². The number of rotatable bonds is 6. The topological polar surface area (TPSA) is 36.4 Å². The fraction of sp³-hybridized carbons (Fsp3) is 0.364. The van der Waals surface area contributed by atoms with E-state index in [4.69, 9.17) is 0 Å². The number of aromatic nitrogens is 1. The molecule has 5 heteroatoms. The van der Waals surface area contributed by atoms with Gasteiger partial charge in [-0.2, -0.15) is 0 Å². The van der Waals surface area contributed by atoms with Crippen LogP contribution in [0.2, 0.25) is 0 Å². The zero-order chi connectivity index (χ0) is 18.6. The molecule has 0 spiro atoms. The summed E-state index contributed by atoms with van der Waals surface area (Å²) in [6, 6.07) is 16.6. The van der Waals surface area contributed by atoms with E-state index in [0.717, 1.165) is 23.6 Å². The Bertz CT molecular complexity index is 897. The van der Waals surface area contributed by atoms with E-state index in [9.17, 15) is 4.79 Å². The van der Waals surface area contributed by atoms with E-state index in [1.807, 2.05) is 30.1 Å². The standard InChI is InChI=1S/C22H25N3OS/c1-24(16-17-8-2-4-10-19(17)25-14-6-7-15-25)22(26)13-12-21-23-18-9-3-5-11-20(18)27-21/h2-5,8-11H,6-7,12-16H2,1H3. The molecule has 4 rings (SSSR count). The molecular formula is C22H25N3OS. The summed E-state index contributed by atoms with van der Waals surface area (Å²) in [5.41, 5.74) is 3.54. The van der Waals surface area contributed by atoms with Crippen molar-refractivity contribution in [3.05, 3.63) is 59.1 Å². The summed E-state index contributed by atoms with van der Waals surface area (Å²) in [7, 11) is 1.90. The van der Waals surface area contributed by atoms with Gasteiger partial charge in [0, 0.05) is 45.2 Å². The molecule has 3 aromatic rings. The first-order valence-electron chi connectivity index (χ1n) is 9.62. The Balaban J connectivity index is 1.38. The van der Waals surface area contributed by atoms with Crippen LogP contribution in [0.4, 0.5) is 5.69 Å². The van der Waals surface area contributed by atoms with Crippen molar-refractivity contribution in [1.29, 1.82) is 0 Å². The van der Waals surface area contributed by atoms with Crippen molar-refractivity contribution in [3.63, 3.8) is 0 Å². The largest absolute Gasteiger partial charge is 0.371 e. The quantitative estimate of drug-likeness (QED) is 0.633. The zero-order valence-electron chi connectivity index (χ0n) is 15.7. The molecule has 0 unspecified atom stereocenters. The molecule has 1 aliphatic rings. The Morgan fingerprint density at radius 2 is 1.85 bits per heavy atom. The van der Waals surface area contributed by atoms with Crippen LogP contribution in [0.3, 0.4) is 0 Å². The highest BCUT2D eigenvalue weighted by molar-refractivity contribution is 7.18. The van der Waals surface area contributed by atoms with E-state index in [0.29, 0.717) is 19.4 Å². The highest BCUT2D eigenvalue weighted by Crippen LogP contribution is 2.26. The van der Waals surface area contributed by atoms with Gasteiger partial charge in [-0.1, -0.05) is 30.3 Å². The Kier molecular flexibility index (Phi) is 5.39. The average Bonchev–Trinajstić information content (AvgIpc) is 3.36. The number of nitrogens with zero attached hydrogens (tertiary/aromatic N) is 3. The summed E-state index contributed by atoms with van der Waals surface area (Å²) in [5, 5.41) is 1.04. The summed E-state index contributed by atoms with van der Waals surface area (Å²) in [5.74, 6) is 0.172. The molecule has 2 heterocycles. The Hall–Kier alpha value is -2.40. The second kappa shape index (κ2) is 8.09. The van der Waals surface area contributed by atoms with Gasteiger partial charge in [0.1, 0.15) is 0 Å². The number of aryl methyl sites for hydroxylation is 1. The number of anilines is 1. The second-order valence-corrected chi connectivity index (χ2v) is 8.26. The number of benzene rings is 2. The van der Waals surface area contributed by atoms with Gasteiger partial charge in [0.15, 0.2) is 0 Å². The van der Waals surface area contributed by atoms with Crippen LogP contribution in [0.5, 0.6) is 0 Å². The lowest BCUT2D eigenvalue weighted by Gasteiger charge is -2.24. The summed E-state index contributed by atoms with van der Waals surface area (Å²) in [6.07, 6.45) is 3.72. The summed E-state index contributed by atoms with van der Waals surface area (Å²) < 4.78 is 1.19. The van der Waals surface area contributed by atoms with Gasteiger partial charge in [-0.15, -0.1) is 11.3 Å². The number of hydrogen-bond acceptors (Lipinski definition) is 4. The summed E-state index contributed by atoms with van der Waals surface area (Å²) in [6.45, 7) is 2.89. The van der Waals surface area contributed by atoms with Gasteiger partial charge in [0.05, 0.1) is 15.2 Å². The number of thiazole rings is 1. The molecule has 0 atom stereocenters. The molecule has 27 heavy (non-hydrogen) atoms. The summed E-state index contributed by atoms with van der Waals surface area (Å²) in [4.78, 5) is 21.6. The molecule has 0 radical (unpaired) electrons. The fourth-order valence-electron chi connectivity index (χ4n) is 3.69. The lowest BCUT2D eigenvalue weighted by Crippen LogP contribution is -2.28. The lowest BCUT2D eigenvalue weighted by atomic mass is 10.1. The molecule has 0 aliphatic carbocycles. The molecule has 0 saturated carbocycles. The molecule has 1 amide bonds. The highest BCUT2D eigenvalue weighted by atomic mass is 32.1. The molecule has 1 aromatic heterocycles. The smallest absolute Gasteiger partial charge is 0.223 e. The van der Waals surface area contributed by atoms with Crippen LogP contribution in [0.1, 0.15) is 29.8 Å². The number of para-hydroxylation sites is 2. The van der Waals surface area contributed by atoms with E-state index in [1.54, 1.807) is 11.3 Å². The minimum atomic E-state index is 0.172. The van der Waals surface area contributed by atoms with Crippen LogP contribution in [-0.4, -0.2) is 35.9 Å². The Morgan fingerprint density at radius 3 is 2.67 bits per heavy atom. The van der Waals surface area contributed by atoms with Crippen LogP contribution in [0.15, 0.2) is 48.5 Å². The maximum atomic E-state index is 12.7. The van der Waals surface area contributed by atoms with Crippen molar-refractivity contribution in [3.8, 4) is 0 Å². The van der Waals surface area contributed by atoms with Crippen LogP contribution in [0.25, 0.3) is 10.2 Å². The van der Waals surface area contributed by atoms with Crippen molar-refractivity contribution in [2.75, 3.05) is 25.0 Å². The molecular weight excluding hydrogens is 354 g/mol. The maximum Gasteiger partial charge on any atom is 0.223 e. The van der Waals surface area contributed by atoms with Gasteiger partial charge in [-0.05, 0) is 36.6 Å². The van der Waals surface area contributed by atoms with E-state index in [2.05, 4.69) is 40.2 Å². The third-order valence-corrected chi connectivity index (χ3v) is 6.26. The number of carbonyl (C=O) groups excluding carboxylic acids is 1. The van der Waals surface area contributed by atoms with Crippen molar-refractivity contribution in [1.82, 2.24) is 9.88 Å². The molecule has 140 valence electrons. The van der Waals surface area contributed by atoms with E-state index < -0.39 is 0 Å². The van der Waals surface area contributed by atoms with Crippen LogP contribution in [-0.2, 0) is 17.8 Å². The van der Waals surface area contributed by atoms with E-state index in [1.165, 1.54) is 28.8 Å².